The third-order valence-corrected chi connectivity index (χ3v) is 23.1. The number of nitrogens with two attached hydrogens (primary N) is 3. The number of carbonyl (C=O) groups excluding carboxylic acids is 3. The largest absolute Gasteiger partial charge is 0.396 e. The lowest BCUT2D eigenvalue weighted by Crippen LogP contribution is -2.58. The number of nitrogens with one attached hydrogen (secondary N) is 4. The van der Waals surface area contributed by atoms with E-state index in [2.05, 4.69) is 111 Å². The summed E-state index contributed by atoms with van der Waals surface area (Å²) >= 11 is 3.68. The van der Waals surface area contributed by atoms with Gasteiger partial charge in [0, 0.05) is 96.6 Å². The van der Waals surface area contributed by atoms with Crippen LogP contribution in [0.2, 0.25) is 0 Å². The zero-order valence-corrected chi connectivity index (χ0v) is 58.4. The van der Waals surface area contributed by atoms with E-state index in [0.717, 1.165) is 101 Å². The molecule has 7 unspecified atom stereocenters. The van der Waals surface area contributed by atoms with Gasteiger partial charge in [0.15, 0.2) is 0 Å². The van der Waals surface area contributed by atoms with E-state index >= 15 is 0 Å². The lowest BCUT2D eigenvalue weighted by molar-refractivity contribution is -0.0485. The second kappa shape index (κ2) is 29.3. The van der Waals surface area contributed by atoms with E-state index in [0.29, 0.717) is 107 Å². The number of amides is 3. The number of hydrogen-bond donors (Lipinski definition) is 7. The van der Waals surface area contributed by atoms with E-state index < -0.39 is 11.6 Å². The highest BCUT2D eigenvalue weighted by atomic mass is 32.1. The normalized spacial score (nSPS) is 20.5. The molecule has 15 rings (SSSR count). The van der Waals surface area contributed by atoms with Crippen molar-refractivity contribution in [1.82, 2.24) is 51.2 Å². The quantitative estimate of drug-likeness (QED) is 0.0501. The van der Waals surface area contributed by atoms with Crippen molar-refractivity contribution in [3.63, 3.8) is 0 Å². The predicted octanol–water partition coefficient (Wildman–Crippen LogP) is 10.5. The van der Waals surface area contributed by atoms with Gasteiger partial charge in [-0.25, -0.2) is 38.7 Å². The van der Waals surface area contributed by atoms with Crippen LogP contribution in [0.1, 0.15) is 138 Å². The molecule has 4 aliphatic heterocycles. The minimum absolute atomic E-state index is 0.0366. The third-order valence-electron chi connectivity index (χ3n) is 19.9. The van der Waals surface area contributed by atoms with Crippen molar-refractivity contribution >= 4 is 117 Å². The van der Waals surface area contributed by atoms with Gasteiger partial charge in [0.2, 0.25) is 0 Å². The van der Waals surface area contributed by atoms with Crippen LogP contribution in [0, 0.1) is 78.7 Å². The van der Waals surface area contributed by atoms with Crippen molar-refractivity contribution in [2.24, 2.45) is 23.7 Å². The zero-order valence-electron chi connectivity index (χ0n) is 56.0. The fourth-order valence-corrected chi connectivity index (χ4v) is 17.8. The summed E-state index contributed by atoms with van der Waals surface area (Å²) in [5.41, 5.74) is 29.4. The number of piperidine rings is 2. The number of thiophene rings is 3. The minimum atomic E-state index is -0.499. The van der Waals surface area contributed by atoms with Crippen LogP contribution in [-0.2, 0) is 11.2 Å². The molecule has 10 heterocycles. The summed E-state index contributed by atoms with van der Waals surface area (Å²) in [4.78, 5) is 74.0. The van der Waals surface area contributed by atoms with E-state index in [1.807, 2.05) is 37.8 Å². The number of nitrogen functional groups attached to an aromatic ring is 3. The number of aromatic nitrogens is 6. The fraction of sp³-hybridized carbons (Fsp3) is 0.431. The summed E-state index contributed by atoms with van der Waals surface area (Å²) in [5, 5.41) is 31.6. The average Bonchev–Trinajstić information content (AvgIpc) is 1.69. The monoisotopic (exact) mass is 1390 g/mol. The molecule has 2 saturated carbocycles. The predicted molar refractivity (Wildman–Crippen MR) is 386 cm³/mol. The van der Waals surface area contributed by atoms with Crippen molar-refractivity contribution in [2.45, 2.75) is 104 Å². The number of benzene rings is 3. The molecule has 8 atom stereocenters. The molecular weight excluding hydrogens is 1320 g/mol. The Hall–Kier alpha value is -9.25. The molecule has 6 fully saturated rings. The molecule has 0 radical (unpaired) electrons. The molecule has 3 amide bonds. The minimum Gasteiger partial charge on any atom is -0.396 e. The second-order valence-corrected chi connectivity index (χ2v) is 30.3. The number of rotatable bonds is 15. The molecule has 9 aromatic rings. The maximum absolute atomic E-state index is 14.9. The van der Waals surface area contributed by atoms with E-state index in [9.17, 15) is 33.7 Å². The van der Waals surface area contributed by atoms with Crippen molar-refractivity contribution < 1.29 is 27.9 Å². The lowest BCUT2D eigenvalue weighted by Gasteiger charge is -2.43. The number of nitrogens with zero attached hydrogens (tertiary/aromatic N) is 11. The van der Waals surface area contributed by atoms with Crippen molar-refractivity contribution in [3.8, 4) is 12.1 Å². The number of morpholine rings is 2. The average molecular weight is 1400 g/mol. The standard InChI is InChI=1S/2C25H28N6OS.C22H24F2N6O2S/c2*1-14(10-29-24(32)23-21(27)22-25(33-23)30-15(2)11-28-22)18-5-6-20(19(8-18)9-26)31-12-16-3-4-17(7-16)13-31;1-11-6-28-19-18(25)20(33-22(19)29-11)21(31)27-3-2-12-4-16(24)17(5-15(12)23)30-9-13-7-26-8-14(10-30)32-13/h2*5-6,8,11,14,16-17H,3-4,7,10,12-13,27H2,1-2H3,(H,29,32);4-6,13-14,26H,2-3,7-10,25H2,1H3,(H,27,31)/t14-,16?,17?;;/m0../s1. The molecular formula is C72H80F2N18O4S3. The van der Waals surface area contributed by atoms with E-state index in [1.54, 1.807) is 18.6 Å². The summed E-state index contributed by atoms with van der Waals surface area (Å²) in [6.45, 7) is 17.3. The maximum atomic E-state index is 14.9. The smallest absolute Gasteiger partial charge is 0.263 e. The first-order valence-corrected chi connectivity index (χ1v) is 36.3. The van der Waals surface area contributed by atoms with Crippen molar-refractivity contribution in [3.05, 3.63) is 138 Å². The number of carbonyl (C=O) groups is 3. The Morgan fingerprint density at radius 2 is 0.970 bits per heavy atom. The van der Waals surface area contributed by atoms with E-state index in [-0.39, 0.29) is 71.7 Å². The second-order valence-electron chi connectivity index (χ2n) is 27.3. The van der Waals surface area contributed by atoms with Gasteiger partial charge in [-0.3, -0.25) is 14.4 Å². The summed E-state index contributed by atoms with van der Waals surface area (Å²) in [6.07, 6.45) is 12.9. The number of hydrogen-bond acceptors (Lipinski definition) is 22. The highest BCUT2D eigenvalue weighted by molar-refractivity contribution is 7.22. The number of halogens is 2. The molecule has 27 heteroatoms. The first-order chi connectivity index (χ1) is 47.7. The molecule has 22 nitrogen and oxygen atoms in total. The van der Waals surface area contributed by atoms with Gasteiger partial charge in [-0.05, 0) is 148 Å². The lowest BCUT2D eigenvalue weighted by atomic mass is 9.95. The Morgan fingerprint density at radius 1 is 0.576 bits per heavy atom. The summed E-state index contributed by atoms with van der Waals surface area (Å²) in [6, 6.07) is 19.6. The van der Waals surface area contributed by atoms with Gasteiger partial charge in [-0.1, -0.05) is 26.0 Å². The Morgan fingerprint density at radius 3 is 1.37 bits per heavy atom. The molecule has 0 spiro atoms. The topological polar surface area (TPSA) is 321 Å². The van der Waals surface area contributed by atoms with Gasteiger partial charge >= 0.3 is 0 Å². The number of fused-ring (bicyclic) bond motifs is 9. The van der Waals surface area contributed by atoms with Gasteiger partial charge in [-0.2, -0.15) is 10.5 Å². The molecule has 99 heavy (non-hydrogen) atoms. The molecule has 10 N–H and O–H groups in total. The van der Waals surface area contributed by atoms with Crippen LogP contribution >= 0.6 is 34.0 Å². The van der Waals surface area contributed by atoms with Crippen molar-refractivity contribution in [2.75, 3.05) is 104 Å². The van der Waals surface area contributed by atoms with Crippen LogP contribution < -0.4 is 53.2 Å². The summed E-state index contributed by atoms with van der Waals surface area (Å²) in [5.74, 6) is 1.36. The zero-order chi connectivity index (χ0) is 69.3. The Kier molecular flexibility index (Phi) is 20.2. The summed E-state index contributed by atoms with van der Waals surface area (Å²) in [7, 11) is 0. The molecule has 6 bridgehead atoms. The first-order valence-electron chi connectivity index (χ1n) is 33.8. The third kappa shape index (κ3) is 14.9. The van der Waals surface area contributed by atoms with Crippen LogP contribution in [0.15, 0.2) is 67.1 Å². The van der Waals surface area contributed by atoms with E-state index in [4.69, 9.17) is 21.9 Å². The van der Waals surface area contributed by atoms with Gasteiger partial charge in [0.1, 0.15) is 69.4 Å². The van der Waals surface area contributed by atoms with Crippen LogP contribution in [0.5, 0.6) is 0 Å². The van der Waals surface area contributed by atoms with Crippen LogP contribution in [0.3, 0.4) is 0 Å². The molecule has 2 aliphatic carbocycles. The SMILES string of the molecule is Cc1cnc2c(N)c(C(=O)NCC(C)c3ccc(N4CC5CCC(C5)C4)c(C#N)c3)sc2n1.Cc1cnc2c(N)c(C(=O)NCCc3cc(F)c(N4CC5CNCC(C4)O5)cc3F)sc2n1.Cc1cnc2c(N)c(C(=O)NC[C@H](C)c3ccc(N4CC5CCC(C5)C4)c(C#N)c3)sc2n1. The van der Waals surface area contributed by atoms with Gasteiger partial charge in [-0.15, -0.1) is 34.0 Å². The Labute approximate surface area is 584 Å². The maximum Gasteiger partial charge on any atom is 0.263 e. The molecule has 514 valence electrons. The Balaban J connectivity index is 0.000000133. The van der Waals surface area contributed by atoms with Gasteiger partial charge in [0.05, 0.1) is 74.5 Å². The van der Waals surface area contributed by atoms with Crippen LogP contribution in [-0.4, -0.2) is 132 Å². The Bertz CT molecular complexity index is 4430. The highest BCUT2D eigenvalue weighted by Crippen LogP contribution is 2.42. The molecule has 6 aromatic heterocycles. The summed E-state index contributed by atoms with van der Waals surface area (Å²) < 4.78 is 35.5. The number of nitriles is 2. The van der Waals surface area contributed by atoms with Gasteiger partial charge in [0.25, 0.3) is 17.7 Å². The van der Waals surface area contributed by atoms with Crippen LogP contribution in [0.25, 0.3) is 31.0 Å². The fourth-order valence-electron chi connectivity index (χ4n) is 14.7. The number of anilines is 6. The molecule has 6 aliphatic rings. The van der Waals surface area contributed by atoms with Crippen LogP contribution in [0.4, 0.5) is 42.9 Å². The first kappa shape index (κ1) is 68.3. The number of aryl methyl sites for hydroxylation is 3. The molecule has 3 aromatic carbocycles. The number of ether oxygens (including phenoxy) is 1. The van der Waals surface area contributed by atoms with Crippen molar-refractivity contribution in [1.29, 1.82) is 10.5 Å². The van der Waals surface area contributed by atoms with E-state index in [1.165, 1.54) is 73.3 Å². The molecule has 4 saturated heterocycles. The van der Waals surface area contributed by atoms with Gasteiger partial charge < -0.3 is 57.9 Å². The highest BCUT2D eigenvalue weighted by Gasteiger charge is 2.37.